The highest BCUT2D eigenvalue weighted by Gasteiger charge is 2.02. The normalized spacial score (nSPS) is 11.0. The maximum Gasteiger partial charge on any atom is 0.201 e. The number of imidazole rings is 1. The Kier molecular flexibility index (Phi) is 4.81. The topological polar surface area (TPSA) is 40.7 Å². The van der Waals surface area contributed by atoms with Gasteiger partial charge < -0.3 is 10.3 Å². The van der Waals surface area contributed by atoms with E-state index in [-0.39, 0.29) is 5.82 Å². The van der Waals surface area contributed by atoms with Gasteiger partial charge >= 0.3 is 0 Å². The minimum Gasteiger partial charge on any atom is -0.356 e. The van der Waals surface area contributed by atoms with Crippen LogP contribution in [0, 0.1) is 5.82 Å². The van der Waals surface area contributed by atoms with Crippen LogP contribution in [-0.2, 0) is 0 Å². The lowest BCUT2D eigenvalue weighted by Crippen LogP contribution is -2.02. The predicted molar refractivity (Wildman–Crippen MR) is 73.7 cm³/mol. The number of hydrogen-bond donors (Lipinski definition) is 2. The molecule has 0 atom stereocenters. The maximum absolute atomic E-state index is 13.0. The fourth-order valence-electron chi connectivity index (χ4n) is 1.85. The van der Waals surface area contributed by atoms with Crippen molar-refractivity contribution >= 4 is 28.6 Å². The molecule has 2 aromatic rings. The summed E-state index contributed by atoms with van der Waals surface area (Å²) in [6.45, 7) is 0.866. The van der Waals surface area contributed by atoms with Gasteiger partial charge in [-0.3, -0.25) is 0 Å². The van der Waals surface area contributed by atoms with E-state index in [1.165, 1.54) is 12.1 Å². The molecule has 2 rings (SSSR count). The van der Waals surface area contributed by atoms with Crippen molar-refractivity contribution in [2.45, 2.75) is 25.7 Å². The Bertz CT molecular complexity index is 498. The highest BCUT2D eigenvalue weighted by Crippen LogP contribution is 2.15. The van der Waals surface area contributed by atoms with Crippen LogP contribution in [0.25, 0.3) is 11.0 Å². The van der Waals surface area contributed by atoms with Crippen LogP contribution in [0.4, 0.5) is 10.3 Å². The molecule has 2 N–H and O–H groups in total. The van der Waals surface area contributed by atoms with Crippen LogP contribution in [0.15, 0.2) is 18.2 Å². The van der Waals surface area contributed by atoms with Crippen molar-refractivity contribution in [3.05, 3.63) is 24.0 Å². The lowest BCUT2D eigenvalue weighted by molar-refractivity contribution is 0.629. The zero-order valence-corrected chi connectivity index (χ0v) is 10.9. The van der Waals surface area contributed by atoms with E-state index in [2.05, 4.69) is 15.3 Å². The number of unbranched alkanes of at least 4 members (excludes halogenated alkanes) is 3. The minimum atomic E-state index is -0.251. The molecular formula is C13H17ClFN3. The Balaban J connectivity index is 1.81. The first kappa shape index (κ1) is 13.1. The largest absolute Gasteiger partial charge is 0.356 e. The average Bonchev–Trinajstić information content (AvgIpc) is 2.75. The van der Waals surface area contributed by atoms with E-state index in [0.29, 0.717) is 5.95 Å². The predicted octanol–water partition coefficient (Wildman–Crippen LogP) is 3.91. The maximum atomic E-state index is 13.0. The van der Waals surface area contributed by atoms with Gasteiger partial charge in [-0.25, -0.2) is 9.37 Å². The summed E-state index contributed by atoms with van der Waals surface area (Å²) < 4.78 is 13.0. The van der Waals surface area contributed by atoms with Gasteiger partial charge in [0.2, 0.25) is 5.95 Å². The van der Waals surface area contributed by atoms with Crippen molar-refractivity contribution in [3.8, 4) is 0 Å². The number of alkyl halides is 1. The summed E-state index contributed by atoms with van der Waals surface area (Å²) >= 11 is 5.61. The standard InChI is InChI=1S/C13H17ClFN3/c14-7-3-1-2-4-8-16-13-17-11-6-5-10(15)9-12(11)18-13/h5-6,9H,1-4,7-8H2,(H2,16,17,18). The average molecular weight is 270 g/mol. The molecule has 0 saturated heterocycles. The molecule has 0 amide bonds. The molecule has 1 aromatic carbocycles. The van der Waals surface area contributed by atoms with Crippen LogP contribution >= 0.6 is 11.6 Å². The molecule has 0 unspecified atom stereocenters. The van der Waals surface area contributed by atoms with Crippen LogP contribution in [0.3, 0.4) is 0 Å². The Labute approximate surface area is 111 Å². The first-order chi connectivity index (χ1) is 8.79. The van der Waals surface area contributed by atoms with Crippen LogP contribution in [-0.4, -0.2) is 22.4 Å². The first-order valence-corrected chi connectivity index (χ1v) is 6.78. The Morgan fingerprint density at radius 1 is 1.22 bits per heavy atom. The second kappa shape index (κ2) is 6.59. The van der Waals surface area contributed by atoms with E-state index in [9.17, 15) is 4.39 Å². The van der Waals surface area contributed by atoms with Gasteiger partial charge in [0, 0.05) is 12.4 Å². The number of hydrogen-bond acceptors (Lipinski definition) is 2. The van der Waals surface area contributed by atoms with Gasteiger partial charge in [-0.05, 0) is 31.0 Å². The molecule has 0 saturated carbocycles. The third kappa shape index (κ3) is 3.60. The first-order valence-electron chi connectivity index (χ1n) is 6.25. The van der Waals surface area contributed by atoms with Crippen molar-refractivity contribution in [1.29, 1.82) is 0 Å². The van der Waals surface area contributed by atoms with Crippen LogP contribution in [0.2, 0.25) is 0 Å². The van der Waals surface area contributed by atoms with Crippen molar-refractivity contribution in [2.24, 2.45) is 0 Å². The summed E-state index contributed by atoms with van der Waals surface area (Å²) in [7, 11) is 0. The summed E-state index contributed by atoms with van der Waals surface area (Å²) in [5.74, 6) is 1.19. The van der Waals surface area contributed by atoms with Crippen molar-refractivity contribution < 1.29 is 4.39 Å². The molecule has 18 heavy (non-hydrogen) atoms. The van der Waals surface area contributed by atoms with Crippen molar-refractivity contribution in [3.63, 3.8) is 0 Å². The van der Waals surface area contributed by atoms with E-state index < -0.39 is 0 Å². The summed E-state index contributed by atoms with van der Waals surface area (Å²) in [5.41, 5.74) is 1.50. The zero-order valence-electron chi connectivity index (χ0n) is 10.2. The van der Waals surface area contributed by atoms with Crippen LogP contribution in [0.1, 0.15) is 25.7 Å². The molecule has 0 aliphatic rings. The molecule has 0 aliphatic carbocycles. The van der Waals surface area contributed by atoms with E-state index >= 15 is 0 Å². The number of halogens is 2. The van der Waals surface area contributed by atoms with E-state index in [1.807, 2.05) is 0 Å². The second-order valence-electron chi connectivity index (χ2n) is 4.28. The van der Waals surface area contributed by atoms with Crippen LogP contribution in [0.5, 0.6) is 0 Å². The number of benzene rings is 1. The summed E-state index contributed by atoms with van der Waals surface area (Å²) in [6.07, 6.45) is 4.48. The van der Waals surface area contributed by atoms with Crippen molar-refractivity contribution in [2.75, 3.05) is 17.7 Å². The number of nitrogens with one attached hydrogen (secondary N) is 2. The third-order valence-corrected chi connectivity index (χ3v) is 3.06. The zero-order chi connectivity index (χ0) is 12.8. The molecule has 3 nitrogen and oxygen atoms in total. The molecule has 0 spiro atoms. The van der Waals surface area contributed by atoms with E-state index in [0.717, 1.165) is 49.1 Å². The Hall–Kier alpha value is -1.29. The molecule has 98 valence electrons. The van der Waals surface area contributed by atoms with Crippen molar-refractivity contribution in [1.82, 2.24) is 9.97 Å². The summed E-state index contributed by atoms with van der Waals surface area (Å²) in [4.78, 5) is 7.39. The van der Waals surface area contributed by atoms with Gasteiger partial charge in [0.05, 0.1) is 11.0 Å². The summed E-state index contributed by atoms with van der Waals surface area (Å²) in [6, 6.07) is 4.54. The molecule has 1 aromatic heterocycles. The number of anilines is 1. The molecule has 0 fully saturated rings. The highest BCUT2D eigenvalue weighted by atomic mass is 35.5. The lowest BCUT2D eigenvalue weighted by atomic mass is 10.2. The van der Waals surface area contributed by atoms with Gasteiger partial charge in [0.15, 0.2) is 0 Å². The number of aromatic amines is 1. The Morgan fingerprint density at radius 2 is 2.06 bits per heavy atom. The Morgan fingerprint density at radius 3 is 2.89 bits per heavy atom. The third-order valence-electron chi connectivity index (χ3n) is 2.80. The minimum absolute atomic E-state index is 0.251. The SMILES string of the molecule is Fc1ccc2nc(NCCCCCCCl)[nH]c2c1. The smallest absolute Gasteiger partial charge is 0.201 e. The number of rotatable bonds is 7. The van der Waals surface area contributed by atoms with E-state index in [4.69, 9.17) is 11.6 Å². The van der Waals surface area contributed by atoms with Gasteiger partial charge in [-0.1, -0.05) is 12.8 Å². The van der Waals surface area contributed by atoms with Gasteiger partial charge in [-0.15, -0.1) is 11.6 Å². The quantitative estimate of drug-likeness (QED) is 0.591. The number of fused-ring (bicyclic) bond motifs is 1. The van der Waals surface area contributed by atoms with Gasteiger partial charge in [0.1, 0.15) is 5.82 Å². The molecule has 1 heterocycles. The monoisotopic (exact) mass is 269 g/mol. The second-order valence-corrected chi connectivity index (χ2v) is 4.65. The fraction of sp³-hybridized carbons (Fsp3) is 0.462. The lowest BCUT2D eigenvalue weighted by Gasteiger charge is -2.01. The van der Waals surface area contributed by atoms with E-state index in [1.54, 1.807) is 6.07 Å². The number of H-pyrrole nitrogens is 1. The molecule has 0 radical (unpaired) electrons. The van der Waals surface area contributed by atoms with Gasteiger partial charge in [-0.2, -0.15) is 0 Å². The van der Waals surface area contributed by atoms with Crippen LogP contribution < -0.4 is 5.32 Å². The molecule has 5 heteroatoms. The summed E-state index contributed by atoms with van der Waals surface area (Å²) in [5, 5.41) is 3.21. The molecular weight excluding hydrogens is 253 g/mol. The molecule has 0 aliphatic heterocycles. The number of aromatic nitrogens is 2. The number of nitrogens with zero attached hydrogens (tertiary/aromatic N) is 1. The fourth-order valence-corrected chi connectivity index (χ4v) is 2.03. The molecule has 0 bridgehead atoms. The highest BCUT2D eigenvalue weighted by molar-refractivity contribution is 6.17. The van der Waals surface area contributed by atoms with Gasteiger partial charge in [0.25, 0.3) is 0 Å².